The molecule has 1 saturated heterocycles. The zero-order valence-corrected chi connectivity index (χ0v) is 12.3. The minimum absolute atomic E-state index is 0.0423. The van der Waals surface area contributed by atoms with E-state index in [1.807, 2.05) is 10.8 Å². The number of rotatable bonds is 6. The molecule has 2 N–H and O–H groups in total. The molecule has 0 aliphatic carbocycles. The van der Waals surface area contributed by atoms with Gasteiger partial charge in [-0.2, -0.15) is 0 Å². The molecule has 2 heterocycles. The van der Waals surface area contributed by atoms with Crippen LogP contribution in [-0.2, 0) is 22.6 Å². The van der Waals surface area contributed by atoms with Gasteiger partial charge < -0.3 is 19.9 Å². The molecule has 1 aliphatic rings. The van der Waals surface area contributed by atoms with Crippen molar-refractivity contribution in [1.29, 1.82) is 0 Å². The van der Waals surface area contributed by atoms with Crippen molar-refractivity contribution in [3.63, 3.8) is 0 Å². The first kappa shape index (κ1) is 15.0. The summed E-state index contributed by atoms with van der Waals surface area (Å²) in [4.78, 5) is 16.3. The van der Waals surface area contributed by atoms with Crippen LogP contribution in [-0.4, -0.2) is 40.8 Å². The molecular formula is C14H24N4O2. The Kier molecular flexibility index (Phi) is 5.55. The van der Waals surface area contributed by atoms with E-state index in [1.54, 1.807) is 6.20 Å². The zero-order valence-electron chi connectivity index (χ0n) is 12.3. The lowest BCUT2D eigenvalue weighted by Crippen LogP contribution is -2.40. The van der Waals surface area contributed by atoms with Crippen LogP contribution >= 0.6 is 0 Å². The second kappa shape index (κ2) is 7.40. The number of imidazole rings is 1. The Hall–Kier alpha value is -1.40. The lowest BCUT2D eigenvalue weighted by atomic mass is 10.1. The van der Waals surface area contributed by atoms with E-state index in [4.69, 9.17) is 4.74 Å². The number of carbonyl (C=O) groups excluding carboxylic acids is 1. The van der Waals surface area contributed by atoms with E-state index in [9.17, 15) is 4.79 Å². The summed E-state index contributed by atoms with van der Waals surface area (Å²) in [5.41, 5.74) is 0. The number of ether oxygens (including phenoxy) is 1. The highest BCUT2D eigenvalue weighted by atomic mass is 16.5. The average Bonchev–Trinajstić information content (AvgIpc) is 2.84. The van der Waals surface area contributed by atoms with Crippen molar-refractivity contribution >= 4 is 5.91 Å². The van der Waals surface area contributed by atoms with Crippen LogP contribution in [0.5, 0.6) is 0 Å². The maximum Gasteiger partial charge on any atom is 0.240 e. The number of hydrogen-bond acceptors (Lipinski definition) is 4. The Balaban J connectivity index is 1.82. The van der Waals surface area contributed by atoms with Crippen molar-refractivity contribution in [1.82, 2.24) is 20.2 Å². The predicted octanol–water partition coefficient (Wildman–Crippen LogP) is 0.676. The number of hydrogen-bond donors (Lipinski definition) is 2. The van der Waals surface area contributed by atoms with Gasteiger partial charge in [-0.25, -0.2) is 4.98 Å². The monoisotopic (exact) mass is 280 g/mol. The first-order valence-electron chi connectivity index (χ1n) is 7.25. The van der Waals surface area contributed by atoms with Gasteiger partial charge in [0.1, 0.15) is 12.4 Å². The molecule has 20 heavy (non-hydrogen) atoms. The molecule has 0 unspecified atom stereocenters. The second-order valence-electron chi connectivity index (χ2n) is 5.46. The van der Waals surface area contributed by atoms with Crippen molar-refractivity contribution in [2.24, 2.45) is 0 Å². The summed E-state index contributed by atoms with van der Waals surface area (Å²) in [7, 11) is 0. The molecule has 0 radical (unpaired) electrons. The maximum atomic E-state index is 12.0. The third kappa shape index (κ3) is 4.61. The largest absolute Gasteiger partial charge is 0.381 e. The smallest absolute Gasteiger partial charge is 0.240 e. The van der Waals surface area contributed by atoms with E-state index in [-0.39, 0.29) is 11.9 Å². The van der Waals surface area contributed by atoms with Gasteiger partial charge in [0.05, 0.1) is 6.54 Å². The Morgan fingerprint density at radius 3 is 2.95 bits per heavy atom. The Labute approximate surface area is 119 Å². The Morgan fingerprint density at radius 1 is 1.50 bits per heavy atom. The summed E-state index contributed by atoms with van der Waals surface area (Å²) in [6.07, 6.45) is 5.38. The van der Waals surface area contributed by atoms with Crippen molar-refractivity contribution in [2.75, 3.05) is 13.2 Å². The van der Waals surface area contributed by atoms with Gasteiger partial charge in [-0.3, -0.25) is 4.79 Å². The van der Waals surface area contributed by atoms with Crippen molar-refractivity contribution < 1.29 is 9.53 Å². The van der Waals surface area contributed by atoms with Gasteiger partial charge in [0.2, 0.25) is 5.91 Å². The van der Waals surface area contributed by atoms with Crippen molar-refractivity contribution in [3.05, 3.63) is 18.2 Å². The summed E-state index contributed by atoms with van der Waals surface area (Å²) in [5, 5.41) is 6.37. The van der Waals surface area contributed by atoms with Crippen LogP contribution in [0.2, 0.25) is 0 Å². The third-order valence-corrected chi connectivity index (χ3v) is 3.37. The van der Waals surface area contributed by atoms with Crippen LogP contribution in [0.3, 0.4) is 0 Å². The van der Waals surface area contributed by atoms with E-state index in [1.165, 1.54) is 0 Å². The molecule has 2 rings (SSSR count). The molecule has 1 aliphatic heterocycles. The third-order valence-electron chi connectivity index (χ3n) is 3.37. The minimum atomic E-state index is 0.0423. The molecule has 1 aromatic heterocycles. The van der Waals surface area contributed by atoms with Crippen LogP contribution in [0.4, 0.5) is 0 Å². The van der Waals surface area contributed by atoms with E-state index >= 15 is 0 Å². The topological polar surface area (TPSA) is 68.2 Å². The summed E-state index contributed by atoms with van der Waals surface area (Å²) in [6.45, 7) is 6.65. The Morgan fingerprint density at radius 2 is 2.25 bits per heavy atom. The van der Waals surface area contributed by atoms with E-state index in [0.717, 1.165) is 31.9 Å². The lowest BCUT2D eigenvalue weighted by Gasteiger charge is -2.23. The predicted molar refractivity (Wildman–Crippen MR) is 76.2 cm³/mol. The molecule has 0 atom stereocenters. The Bertz CT molecular complexity index is 425. The van der Waals surface area contributed by atoms with Gasteiger partial charge in [-0.15, -0.1) is 0 Å². The molecule has 112 valence electrons. The highest BCUT2D eigenvalue weighted by Crippen LogP contribution is 2.06. The zero-order chi connectivity index (χ0) is 14.4. The first-order valence-corrected chi connectivity index (χ1v) is 7.25. The summed E-state index contributed by atoms with van der Waals surface area (Å²) < 4.78 is 7.18. The summed E-state index contributed by atoms with van der Waals surface area (Å²) in [5.74, 6) is 0.932. The number of nitrogens with one attached hydrogen (secondary N) is 2. The van der Waals surface area contributed by atoms with Crippen molar-refractivity contribution in [3.8, 4) is 0 Å². The molecule has 0 aromatic carbocycles. The van der Waals surface area contributed by atoms with Crippen molar-refractivity contribution in [2.45, 2.75) is 51.9 Å². The normalized spacial score (nSPS) is 16.6. The van der Waals surface area contributed by atoms with E-state index < -0.39 is 0 Å². The fourth-order valence-electron chi connectivity index (χ4n) is 2.22. The van der Waals surface area contributed by atoms with Gasteiger partial charge in [-0.05, 0) is 12.8 Å². The molecule has 0 saturated carbocycles. The highest BCUT2D eigenvalue weighted by Gasteiger charge is 2.16. The van der Waals surface area contributed by atoms with Gasteiger partial charge >= 0.3 is 0 Å². The van der Waals surface area contributed by atoms with Gasteiger partial charge in [0.25, 0.3) is 0 Å². The first-order chi connectivity index (χ1) is 9.65. The summed E-state index contributed by atoms with van der Waals surface area (Å²) >= 11 is 0. The molecule has 1 amide bonds. The van der Waals surface area contributed by atoms with Crippen LogP contribution in [0.1, 0.15) is 32.5 Å². The SMILES string of the molecule is CC(C)NCc1nccn1CC(=O)NC1CCOCC1. The van der Waals surface area contributed by atoms with Gasteiger partial charge in [0, 0.05) is 37.7 Å². The molecule has 1 aromatic rings. The van der Waals surface area contributed by atoms with Crippen LogP contribution in [0, 0.1) is 0 Å². The standard InChI is InChI=1S/C14H24N4O2/c1-11(2)16-9-13-15-5-6-18(13)10-14(19)17-12-3-7-20-8-4-12/h5-6,11-12,16H,3-4,7-10H2,1-2H3,(H,17,19). The summed E-state index contributed by atoms with van der Waals surface area (Å²) in [6, 6.07) is 0.647. The van der Waals surface area contributed by atoms with E-state index in [0.29, 0.717) is 19.1 Å². The second-order valence-corrected chi connectivity index (χ2v) is 5.46. The van der Waals surface area contributed by atoms with Gasteiger partial charge in [0.15, 0.2) is 0 Å². The molecule has 0 bridgehead atoms. The number of aromatic nitrogens is 2. The number of amides is 1. The maximum absolute atomic E-state index is 12.0. The lowest BCUT2D eigenvalue weighted by molar-refractivity contribution is -0.123. The van der Waals surface area contributed by atoms with E-state index in [2.05, 4.69) is 29.5 Å². The molecule has 1 fully saturated rings. The number of nitrogens with zero attached hydrogens (tertiary/aromatic N) is 2. The quantitative estimate of drug-likeness (QED) is 0.804. The highest BCUT2D eigenvalue weighted by molar-refractivity contribution is 5.76. The molecule has 6 nitrogen and oxygen atoms in total. The fourth-order valence-corrected chi connectivity index (χ4v) is 2.22. The van der Waals surface area contributed by atoms with Crippen LogP contribution in [0.15, 0.2) is 12.4 Å². The molecule has 0 spiro atoms. The van der Waals surface area contributed by atoms with Gasteiger partial charge in [-0.1, -0.05) is 13.8 Å². The van der Waals surface area contributed by atoms with Crippen LogP contribution < -0.4 is 10.6 Å². The molecular weight excluding hydrogens is 256 g/mol. The fraction of sp³-hybridized carbons (Fsp3) is 0.714. The number of carbonyl (C=O) groups is 1. The van der Waals surface area contributed by atoms with Crippen LogP contribution in [0.25, 0.3) is 0 Å². The minimum Gasteiger partial charge on any atom is -0.381 e. The molecule has 6 heteroatoms. The average molecular weight is 280 g/mol.